The van der Waals surface area contributed by atoms with Gasteiger partial charge in [-0.05, 0) is 38.8 Å². The van der Waals surface area contributed by atoms with Gasteiger partial charge in [0.2, 0.25) is 0 Å². The summed E-state index contributed by atoms with van der Waals surface area (Å²) in [5.41, 5.74) is 6.61. The van der Waals surface area contributed by atoms with Crippen LogP contribution >= 0.6 is 0 Å². The highest BCUT2D eigenvalue weighted by molar-refractivity contribution is 5.90. The summed E-state index contributed by atoms with van der Waals surface area (Å²) in [4.78, 5) is 24.6. The highest BCUT2D eigenvalue weighted by Gasteiger charge is 2.36. The van der Waals surface area contributed by atoms with Crippen molar-refractivity contribution in [1.29, 1.82) is 0 Å². The number of carbonyl (C=O) groups is 1. The zero-order valence-electron chi connectivity index (χ0n) is 17.7. The lowest BCUT2D eigenvalue weighted by atomic mass is 10.0. The molecule has 31 heavy (non-hydrogen) atoms. The van der Waals surface area contributed by atoms with Gasteiger partial charge in [0.05, 0.1) is 24.1 Å². The third-order valence-electron chi connectivity index (χ3n) is 6.92. The number of anilines is 1. The fourth-order valence-electron chi connectivity index (χ4n) is 5.19. The summed E-state index contributed by atoms with van der Waals surface area (Å²) in [7, 11) is 0. The Balaban J connectivity index is 1.12. The van der Waals surface area contributed by atoms with Gasteiger partial charge in [-0.3, -0.25) is 9.58 Å². The number of hydrogen-bond donors (Lipinski definition) is 3. The number of likely N-dealkylation sites (tertiary alicyclic amines) is 2. The first-order valence-corrected chi connectivity index (χ1v) is 11.2. The van der Waals surface area contributed by atoms with Crippen molar-refractivity contribution >= 4 is 11.8 Å². The molecule has 2 atom stereocenters. The predicted octanol–water partition coefficient (Wildman–Crippen LogP) is 0.694. The van der Waals surface area contributed by atoms with Gasteiger partial charge in [0, 0.05) is 50.0 Å². The second kappa shape index (κ2) is 8.52. The Labute approximate surface area is 181 Å². The number of piperidine rings is 1. The predicted molar refractivity (Wildman–Crippen MR) is 116 cm³/mol. The van der Waals surface area contributed by atoms with Crippen molar-refractivity contribution in [2.75, 3.05) is 45.0 Å². The van der Waals surface area contributed by atoms with Crippen LogP contribution < -0.4 is 11.1 Å². The molecule has 2 aromatic heterocycles. The van der Waals surface area contributed by atoms with E-state index < -0.39 is 5.97 Å². The Morgan fingerprint density at radius 2 is 2.06 bits per heavy atom. The van der Waals surface area contributed by atoms with E-state index in [2.05, 4.69) is 30.2 Å². The standard InChI is InChI=1S/C21H30N8O2/c22-20-19(21(30)31)26-18(11-24-20)14-9-25-29(12-14)16-2-6-27(7-3-16)4-1-5-28-13-15-8-17(28)10-23-15/h9,11-12,15-17,23H,1-8,10,13H2,(H2,22,24)(H,30,31). The number of carboxylic acid groups (broad SMARTS) is 1. The number of hydrogen-bond acceptors (Lipinski definition) is 8. The van der Waals surface area contributed by atoms with Crippen molar-refractivity contribution in [2.45, 2.75) is 43.8 Å². The molecule has 2 aromatic rings. The van der Waals surface area contributed by atoms with Crippen LogP contribution in [0.1, 0.15) is 42.2 Å². The number of aromatic carboxylic acids is 1. The molecule has 2 bridgehead atoms. The maximum atomic E-state index is 11.3. The summed E-state index contributed by atoms with van der Waals surface area (Å²) in [6, 6.07) is 1.85. The number of carboxylic acids is 1. The summed E-state index contributed by atoms with van der Waals surface area (Å²) in [6.45, 7) is 6.93. The zero-order chi connectivity index (χ0) is 21.4. The van der Waals surface area contributed by atoms with Gasteiger partial charge in [0.25, 0.3) is 0 Å². The summed E-state index contributed by atoms with van der Waals surface area (Å²) < 4.78 is 1.99. The zero-order valence-corrected chi connectivity index (χ0v) is 17.7. The van der Waals surface area contributed by atoms with Crippen molar-refractivity contribution in [3.05, 3.63) is 24.3 Å². The van der Waals surface area contributed by atoms with Crippen LogP contribution in [0.3, 0.4) is 0 Å². The first kappa shape index (κ1) is 20.3. The third kappa shape index (κ3) is 4.28. The van der Waals surface area contributed by atoms with Crippen molar-refractivity contribution < 1.29 is 9.90 Å². The molecule has 4 N–H and O–H groups in total. The average Bonchev–Trinajstić information content (AvgIpc) is 3.52. The van der Waals surface area contributed by atoms with Crippen LogP contribution in [0.15, 0.2) is 18.6 Å². The van der Waals surface area contributed by atoms with Crippen LogP contribution in [-0.4, -0.2) is 92.0 Å². The van der Waals surface area contributed by atoms with Crippen LogP contribution in [0, 0.1) is 0 Å². The first-order chi connectivity index (χ1) is 15.1. The molecule has 5 heterocycles. The molecule has 0 amide bonds. The minimum absolute atomic E-state index is 0.0788. The van der Waals surface area contributed by atoms with Gasteiger partial charge >= 0.3 is 5.97 Å². The Bertz CT molecular complexity index is 939. The van der Waals surface area contributed by atoms with E-state index in [9.17, 15) is 9.90 Å². The maximum absolute atomic E-state index is 11.3. The first-order valence-electron chi connectivity index (χ1n) is 11.2. The molecule has 0 aliphatic carbocycles. The number of nitrogens with two attached hydrogens (primary N) is 1. The number of fused-ring (bicyclic) bond motifs is 2. The number of nitrogens with one attached hydrogen (secondary N) is 1. The topological polar surface area (TPSA) is 125 Å². The van der Waals surface area contributed by atoms with Gasteiger partial charge in [-0.2, -0.15) is 5.10 Å². The number of nitrogens with zero attached hydrogens (tertiary/aromatic N) is 6. The molecular formula is C21H30N8O2. The molecule has 10 nitrogen and oxygen atoms in total. The van der Waals surface area contributed by atoms with E-state index >= 15 is 0 Å². The SMILES string of the molecule is Nc1ncc(-c2cnn(C3CCN(CCCN4CC5CC4CN5)CC3)c2)nc1C(=O)O. The Hall–Kier alpha value is -2.56. The summed E-state index contributed by atoms with van der Waals surface area (Å²) >= 11 is 0. The van der Waals surface area contributed by atoms with Crippen molar-refractivity contribution in [1.82, 2.24) is 34.9 Å². The maximum Gasteiger partial charge on any atom is 0.358 e. The molecular weight excluding hydrogens is 396 g/mol. The molecule has 3 aliphatic heterocycles. The molecule has 3 saturated heterocycles. The van der Waals surface area contributed by atoms with Gasteiger partial charge < -0.3 is 21.1 Å². The highest BCUT2D eigenvalue weighted by Crippen LogP contribution is 2.26. The summed E-state index contributed by atoms with van der Waals surface area (Å²) in [5, 5.41) is 17.3. The monoisotopic (exact) mass is 426 g/mol. The van der Waals surface area contributed by atoms with Crippen LogP contribution in [-0.2, 0) is 0 Å². The van der Waals surface area contributed by atoms with Crippen LogP contribution in [0.2, 0.25) is 0 Å². The number of aromatic nitrogens is 4. The minimum Gasteiger partial charge on any atom is -0.476 e. The van der Waals surface area contributed by atoms with Crippen molar-refractivity contribution in [2.24, 2.45) is 0 Å². The molecule has 3 aliphatic rings. The molecule has 0 saturated carbocycles. The van der Waals surface area contributed by atoms with Gasteiger partial charge in [-0.15, -0.1) is 0 Å². The molecule has 0 aromatic carbocycles. The molecule has 166 valence electrons. The van der Waals surface area contributed by atoms with Gasteiger partial charge in [0.15, 0.2) is 11.5 Å². The quantitative estimate of drug-likeness (QED) is 0.586. The summed E-state index contributed by atoms with van der Waals surface area (Å²) in [5.74, 6) is -1.26. The lowest BCUT2D eigenvalue weighted by Gasteiger charge is -2.33. The third-order valence-corrected chi connectivity index (χ3v) is 6.92. The fourth-order valence-corrected chi connectivity index (χ4v) is 5.19. The lowest BCUT2D eigenvalue weighted by Crippen LogP contribution is -2.44. The summed E-state index contributed by atoms with van der Waals surface area (Å²) in [6.07, 6.45) is 9.84. The molecule has 10 heteroatoms. The molecule has 0 radical (unpaired) electrons. The lowest BCUT2D eigenvalue weighted by molar-refractivity contribution is 0.0691. The fraction of sp³-hybridized carbons (Fsp3) is 0.619. The van der Waals surface area contributed by atoms with Gasteiger partial charge in [0.1, 0.15) is 0 Å². The van der Waals surface area contributed by atoms with Gasteiger partial charge in [-0.1, -0.05) is 0 Å². The van der Waals surface area contributed by atoms with Crippen LogP contribution in [0.25, 0.3) is 11.3 Å². The molecule has 3 fully saturated rings. The second-order valence-corrected chi connectivity index (χ2v) is 8.92. The van der Waals surface area contributed by atoms with Crippen molar-refractivity contribution in [3.8, 4) is 11.3 Å². The smallest absolute Gasteiger partial charge is 0.358 e. The van der Waals surface area contributed by atoms with E-state index in [0.717, 1.165) is 50.1 Å². The van der Waals surface area contributed by atoms with E-state index in [4.69, 9.17) is 5.73 Å². The van der Waals surface area contributed by atoms with Crippen LogP contribution in [0.4, 0.5) is 5.82 Å². The van der Waals surface area contributed by atoms with E-state index in [1.54, 1.807) is 6.20 Å². The van der Waals surface area contributed by atoms with E-state index in [0.29, 0.717) is 11.7 Å². The second-order valence-electron chi connectivity index (χ2n) is 8.92. The Kier molecular flexibility index (Phi) is 5.59. The Morgan fingerprint density at radius 1 is 1.23 bits per heavy atom. The molecule has 2 unspecified atom stereocenters. The normalized spacial score (nSPS) is 24.8. The number of piperazine rings is 1. The number of rotatable bonds is 7. The van der Waals surface area contributed by atoms with Crippen molar-refractivity contribution in [3.63, 3.8) is 0 Å². The van der Waals surface area contributed by atoms with Gasteiger partial charge in [-0.25, -0.2) is 14.8 Å². The number of nitrogen functional groups attached to an aromatic ring is 1. The highest BCUT2D eigenvalue weighted by atomic mass is 16.4. The Morgan fingerprint density at radius 3 is 2.77 bits per heavy atom. The van der Waals surface area contributed by atoms with Crippen LogP contribution in [0.5, 0.6) is 0 Å². The van der Waals surface area contributed by atoms with E-state index in [-0.39, 0.29) is 11.5 Å². The van der Waals surface area contributed by atoms with E-state index in [1.807, 2.05) is 10.9 Å². The minimum atomic E-state index is -1.18. The average molecular weight is 427 g/mol. The van der Waals surface area contributed by atoms with E-state index in [1.165, 1.54) is 38.7 Å². The molecule has 0 spiro atoms. The molecule has 5 rings (SSSR count). The largest absolute Gasteiger partial charge is 0.476 e.